The third kappa shape index (κ3) is 2.90. The van der Waals surface area contributed by atoms with Gasteiger partial charge < -0.3 is 10.5 Å². The molecular formula is C13H10ClN3O. The summed E-state index contributed by atoms with van der Waals surface area (Å²) in [4.78, 5) is 3.88. The number of nitriles is 1. The predicted octanol–water partition coefficient (Wildman–Crippen LogP) is 2.77. The zero-order chi connectivity index (χ0) is 13.0. The summed E-state index contributed by atoms with van der Waals surface area (Å²) < 4.78 is 5.55. The van der Waals surface area contributed by atoms with E-state index in [1.54, 1.807) is 36.5 Å². The first-order valence-electron chi connectivity index (χ1n) is 5.22. The summed E-state index contributed by atoms with van der Waals surface area (Å²) in [5.41, 5.74) is 7.35. The normalized spacial score (nSPS) is 9.78. The predicted molar refractivity (Wildman–Crippen MR) is 69.1 cm³/mol. The van der Waals surface area contributed by atoms with Gasteiger partial charge in [-0.25, -0.2) is 4.98 Å². The van der Waals surface area contributed by atoms with Crippen molar-refractivity contribution in [3.63, 3.8) is 0 Å². The molecule has 0 atom stereocenters. The van der Waals surface area contributed by atoms with Gasteiger partial charge in [0, 0.05) is 12.3 Å². The Kier molecular flexibility index (Phi) is 3.66. The van der Waals surface area contributed by atoms with E-state index in [0.29, 0.717) is 28.8 Å². The zero-order valence-corrected chi connectivity index (χ0v) is 10.2. The number of anilines is 1. The van der Waals surface area contributed by atoms with E-state index in [2.05, 4.69) is 4.98 Å². The van der Waals surface area contributed by atoms with Crippen molar-refractivity contribution >= 4 is 17.3 Å². The lowest BCUT2D eigenvalue weighted by molar-refractivity contribution is 0.306. The van der Waals surface area contributed by atoms with Crippen LogP contribution in [0.5, 0.6) is 5.75 Å². The molecule has 90 valence electrons. The van der Waals surface area contributed by atoms with Crippen molar-refractivity contribution in [2.24, 2.45) is 0 Å². The molecule has 2 aromatic rings. The van der Waals surface area contributed by atoms with Crippen LogP contribution >= 0.6 is 11.6 Å². The number of halogens is 1. The van der Waals surface area contributed by atoms with Gasteiger partial charge in [0.25, 0.3) is 0 Å². The summed E-state index contributed by atoms with van der Waals surface area (Å²) in [6, 6.07) is 10.5. The monoisotopic (exact) mass is 259 g/mol. The van der Waals surface area contributed by atoms with Gasteiger partial charge in [0.2, 0.25) is 0 Å². The van der Waals surface area contributed by atoms with Gasteiger partial charge in [-0.05, 0) is 29.8 Å². The molecule has 0 amide bonds. The Labute approximate surface area is 110 Å². The molecule has 1 aromatic heterocycles. The second kappa shape index (κ2) is 5.39. The molecule has 2 N–H and O–H groups in total. The van der Waals surface area contributed by atoms with Crippen LogP contribution < -0.4 is 10.5 Å². The highest BCUT2D eigenvalue weighted by Crippen LogP contribution is 2.24. The molecule has 0 fully saturated rings. The van der Waals surface area contributed by atoms with Gasteiger partial charge in [-0.15, -0.1) is 0 Å². The van der Waals surface area contributed by atoms with Crippen LogP contribution in [0.1, 0.15) is 11.3 Å². The largest absolute Gasteiger partial charge is 0.489 e. The molecule has 5 heteroatoms. The van der Waals surface area contributed by atoms with E-state index in [0.717, 1.165) is 5.56 Å². The van der Waals surface area contributed by atoms with E-state index in [1.165, 1.54) is 0 Å². The highest BCUT2D eigenvalue weighted by Gasteiger charge is 2.01. The molecule has 0 aliphatic heterocycles. The molecule has 0 unspecified atom stereocenters. The lowest BCUT2D eigenvalue weighted by Gasteiger charge is -2.07. The van der Waals surface area contributed by atoms with E-state index in [4.69, 9.17) is 27.3 Å². The molecule has 0 spiro atoms. The van der Waals surface area contributed by atoms with Gasteiger partial charge in [0.15, 0.2) is 0 Å². The van der Waals surface area contributed by atoms with E-state index in [9.17, 15) is 0 Å². The lowest BCUT2D eigenvalue weighted by atomic mass is 10.2. The van der Waals surface area contributed by atoms with Crippen LogP contribution in [0.15, 0.2) is 36.5 Å². The number of ether oxygens (including phenoxy) is 1. The summed E-state index contributed by atoms with van der Waals surface area (Å²) in [6.07, 6.45) is 1.58. The summed E-state index contributed by atoms with van der Waals surface area (Å²) in [6.45, 7) is 0.345. The van der Waals surface area contributed by atoms with Crippen LogP contribution in [0.4, 0.5) is 5.69 Å². The second-order valence-electron chi connectivity index (χ2n) is 3.63. The van der Waals surface area contributed by atoms with Crippen molar-refractivity contribution in [1.82, 2.24) is 4.98 Å². The maximum Gasteiger partial charge on any atom is 0.140 e. The summed E-state index contributed by atoms with van der Waals surface area (Å²) in [7, 11) is 0. The molecule has 0 saturated carbocycles. The fourth-order valence-electron chi connectivity index (χ4n) is 1.39. The minimum Gasteiger partial charge on any atom is -0.489 e. The van der Waals surface area contributed by atoms with Gasteiger partial charge in [-0.3, -0.25) is 0 Å². The van der Waals surface area contributed by atoms with Crippen molar-refractivity contribution in [1.29, 1.82) is 5.26 Å². The van der Waals surface area contributed by atoms with Crippen LogP contribution in [-0.2, 0) is 6.61 Å². The molecule has 2 rings (SSSR count). The van der Waals surface area contributed by atoms with Gasteiger partial charge in [0.05, 0.1) is 10.7 Å². The lowest BCUT2D eigenvalue weighted by Crippen LogP contribution is -1.97. The van der Waals surface area contributed by atoms with Crippen LogP contribution in [-0.4, -0.2) is 4.98 Å². The molecule has 1 heterocycles. The highest BCUT2D eigenvalue weighted by molar-refractivity contribution is 6.33. The maximum atomic E-state index is 8.73. The van der Waals surface area contributed by atoms with Crippen LogP contribution in [0, 0.1) is 11.3 Å². The highest BCUT2D eigenvalue weighted by atomic mass is 35.5. The molecule has 0 radical (unpaired) electrons. The molecule has 0 saturated heterocycles. The van der Waals surface area contributed by atoms with Crippen LogP contribution in [0.25, 0.3) is 0 Å². The molecule has 4 nitrogen and oxygen atoms in total. The number of rotatable bonds is 3. The third-order valence-corrected chi connectivity index (χ3v) is 2.64. The van der Waals surface area contributed by atoms with Gasteiger partial charge in [-0.2, -0.15) is 5.26 Å². The Morgan fingerprint density at radius 2 is 2.17 bits per heavy atom. The van der Waals surface area contributed by atoms with E-state index < -0.39 is 0 Å². The van der Waals surface area contributed by atoms with Crippen molar-refractivity contribution < 1.29 is 4.74 Å². The number of aromatic nitrogens is 1. The molecule has 0 bridgehead atoms. The first-order chi connectivity index (χ1) is 8.69. The van der Waals surface area contributed by atoms with Crippen LogP contribution in [0.2, 0.25) is 5.02 Å². The SMILES string of the molecule is N#Cc1cc(COc2ccc(N)c(Cl)c2)ccn1. The third-order valence-electron chi connectivity index (χ3n) is 2.32. The molecule has 18 heavy (non-hydrogen) atoms. The summed E-state index contributed by atoms with van der Waals surface area (Å²) >= 11 is 5.89. The molecule has 0 aliphatic carbocycles. The van der Waals surface area contributed by atoms with E-state index in [-0.39, 0.29) is 0 Å². The Morgan fingerprint density at radius 3 is 2.89 bits per heavy atom. The number of benzene rings is 1. The van der Waals surface area contributed by atoms with Gasteiger partial charge >= 0.3 is 0 Å². The average Bonchev–Trinajstić information content (AvgIpc) is 2.40. The van der Waals surface area contributed by atoms with Crippen molar-refractivity contribution in [3.8, 4) is 11.8 Å². The fraction of sp³-hybridized carbons (Fsp3) is 0.0769. The van der Waals surface area contributed by atoms with Gasteiger partial charge in [-0.1, -0.05) is 11.6 Å². The molecule has 0 aliphatic rings. The average molecular weight is 260 g/mol. The standard InChI is InChI=1S/C13H10ClN3O/c14-12-6-11(1-2-13(12)16)18-8-9-3-4-17-10(5-9)7-15/h1-6H,8,16H2. The Hall–Kier alpha value is -2.25. The Bertz CT molecular complexity index is 607. The number of pyridine rings is 1. The number of nitrogen functional groups attached to an aromatic ring is 1. The fourth-order valence-corrected chi connectivity index (χ4v) is 1.56. The smallest absolute Gasteiger partial charge is 0.140 e. The summed E-state index contributed by atoms with van der Waals surface area (Å²) in [5, 5.41) is 9.19. The van der Waals surface area contributed by atoms with Gasteiger partial charge in [0.1, 0.15) is 24.1 Å². The number of hydrogen-bond acceptors (Lipinski definition) is 4. The minimum atomic E-state index is 0.345. The maximum absolute atomic E-state index is 8.73. The Balaban J connectivity index is 2.07. The topological polar surface area (TPSA) is 71.9 Å². The second-order valence-corrected chi connectivity index (χ2v) is 4.04. The van der Waals surface area contributed by atoms with Crippen molar-refractivity contribution in [2.75, 3.05) is 5.73 Å². The number of nitrogens with two attached hydrogens (primary N) is 1. The van der Waals surface area contributed by atoms with Crippen LogP contribution in [0.3, 0.4) is 0 Å². The molecular weight excluding hydrogens is 250 g/mol. The Morgan fingerprint density at radius 1 is 1.33 bits per heavy atom. The van der Waals surface area contributed by atoms with E-state index in [1.807, 2.05) is 6.07 Å². The first kappa shape index (κ1) is 12.2. The van der Waals surface area contributed by atoms with Crippen molar-refractivity contribution in [2.45, 2.75) is 6.61 Å². The quantitative estimate of drug-likeness (QED) is 0.861. The number of hydrogen-bond donors (Lipinski definition) is 1. The van der Waals surface area contributed by atoms with E-state index >= 15 is 0 Å². The van der Waals surface area contributed by atoms with Crippen molar-refractivity contribution in [3.05, 3.63) is 52.8 Å². The summed E-state index contributed by atoms with van der Waals surface area (Å²) in [5.74, 6) is 0.629. The zero-order valence-electron chi connectivity index (χ0n) is 9.43. The number of nitrogens with zero attached hydrogens (tertiary/aromatic N) is 2. The first-order valence-corrected chi connectivity index (χ1v) is 5.59. The minimum absolute atomic E-state index is 0.345. The molecule has 1 aromatic carbocycles.